The van der Waals surface area contributed by atoms with E-state index in [1.54, 1.807) is 0 Å². The molecule has 0 bridgehead atoms. The molecular formula is C6H10F3NS. The van der Waals surface area contributed by atoms with Crippen LogP contribution in [0.3, 0.4) is 0 Å². The minimum absolute atomic E-state index is 0.370. The van der Waals surface area contributed by atoms with Crippen LogP contribution >= 0.6 is 10.3 Å². The van der Waals surface area contributed by atoms with Crippen LogP contribution in [0.4, 0.5) is 13.2 Å². The summed E-state index contributed by atoms with van der Waals surface area (Å²) >= 11 is 0. The largest absolute Gasteiger partial charge is 0.432 e. The van der Waals surface area contributed by atoms with E-state index in [4.69, 9.17) is 5.69 Å². The van der Waals surface area contributed by atoms with Gasteiger partial charge in [0.2, 0.25) is 0 Å². The van der Waals surface area contributed by atoms with Crippen LogP contribution in [0.5, 0.6) is 0 Å². The SMILES string of the molecule is C#[SH]([C@@H]1CCNC1)C(F)(F)F. The number of thiol groups is 1. The Hall–Kier alpha value is -0.120. The fraction of sp³-hybridized carbons (Fsp3) is 0.833. The minimum atomic E-state index is -4.17. The molecule has 0 radical (unpaired) electrons. The average Bonchev–Trinajstić information content (AvgIpc) is 2.34. The van der Waals surface area contributed by atoms with Crippen molar-refractivity contribution in [3.8, 4) is 5.69 Å². The van der Waals surface area contributed by atoms with E-state index in [0.717, 1.165) is 0 Å². The van der Waals surface area contributed by atoms with Gasteiger partial charge in [0.15, 0.2) is 0 Å². The van der Waals surface area contributed by atoms with Crippen LogP contribution in [0.25, 0.3) is 0 Å². The number of hydrogen-bond acceptors (Lipinski definition) is 1. The van der Waals surface area contributed by atoms with Gasteiger partial charge in [-0.15, -0.1) is 16.0 Å². The van der Waals surface area contributed by atoms with Gasteiger partial charge in [-0.25, -0.2) is 0 Å². The van der Waals surface area contributed by atoms with Crippen molar-refractivity contribution in [2.45, 2.75) is 17.2 Å². The topological polar surface area (TPSA) is 12.0 Å². The molecule has 1 nitrogen and oxygen atoms in total. The van der Waals surface area contributed by atoms with E-state index in [9.17, 15) is 13.2 Å². The molecular weight excluding hydrogens is 175 g/mol. The van der Waals surface area contributed by atoms with E-state index in [0.29, 0.717) is 19.5 Å². The third-order valence-corrected chi connectivity index (χ3v) is 3.53. The van der Waals surface area contributed by atoms with Gasteiger partial charge in [-0.1, -0.05) is 0 Å². The summed E-state index contributed by atoms with van der Waals surface area (Å²) in [4.78, 5) is 0. The second kappa shape index (κ2) is 3.09. The first-order chi connectivity index (χ1) is 5.02. The summed E-state index contributed by atoms with van der Waals surface area (Å²) in [5, 5.41) is 2.49. The zero-order chi connectivity index (χ0) is 8.48. The van der Waals surface area contributed by atoms with Crippen molar-refractivity contribution in [1.29, 1.82) is 0 Å². The Balaban J connectivity index is 2.56. The summed E-state index contributed by atoms with van der Waals surface area (Å²) in [6.07, 6.45) is 0.557. The maximum absolute atomic E-state index is 12.0. The molecule has 1 heterocycles. The van der Waals surface area contributed by atoms with Crippen molar-refractivity contribution in [2.75, 3.05) is 13.1 Å². The molecule has 1 saturated heterocycles. The van der Waals surface area contributed by atoms with Crippen LogP contribution in [0.2, 0.25) is 0 Å². The Morgan fingerprint density at radius 1 is 1.45 bits per heavy atom. The molecule has 66 valence electrons. The highest BCUT2D eigenvalue weighted by Crippen LogP contribution is 2.39. The highest BCUT2D eigenvalue weighted by Gasteiger charge is 2.34. The molecule has 11 heavy (non-hydrogen) atoms. The van der Waals surface area contributed by atoms with Crippen LogP contribution in [0, 0.1) is 5.69 Å². The maximum Gasteiger partial charge on any atom is 0.432 e. The first-order valence-corrected chi connectivity index (χ1v) is 4.81. The lowest BCUT2D eigenvalue weighted by Crippen LogP contribution is -2.16. The molecule has 1 aliphatic rings. The predicted octanol–water partition coefficient (Wildman–Crippen LogP) is 1.46. The molecule has 1 unspecified atom stereocenters. The number of rotatable bonds is 0. The van der Waals surface area contributed by atoms with Crippen LogP contribution in [-0.2, 0) is 0 Å². The van der Waals surface area contributed by atoms with Gasteiger partial charge in [-0.05, 0) is 13.0 Å². The lowest BCUT2D eigenvalue weighted by Gasteiger charge is -2.15. The number of nitrogens with one attached hydrogen (secondary N) is 1. The Bertz CT molecular complexity index is 196. The van der Waals surface area contributed by atoms with Gasteiger partial charge in [0, 0.05) is 11.8 Å². The van der Waals surface area contributed by atoms with Crippen molar-refractivity contribution in [1.82, 2.24) is 5.32 Å². The van der Waals surface area contributed by atoms with Crippen LogP contribution in [0.1, 0.15) is 6.42 Å². The van der Waals surface area contributed by atoms with Gasteiger partial charge in [0.1, 0.15) is 0 Å². The molecule has 0 aromatic carbocycles. The summed E-state index contributed by atoms with van der Waals surface area (Å²) in [5.74, 6) is 0. The van der Waals surface area contributed by atoms with Crippen molar-refractivity contribution in [3.63, 3.8) is 0 Å². The summed E-state index contributed by atoms with van der Waals surface area (Å²) < 4.78 is 35.9. The number of hydrogen-bond donors (Lipinski definition) is 2. The molecule has 0 aromatic rings. The quantitative estimate of drug-likeness (QED) is 0.544. The van der Waals surface area contributed by atoms with Gasteiger partial charge < -0.3 is 5.32 Å². The van der Waals surface area contributed by atoms with Crippen LogP contribution in [0.15, 0.2) is 0 Å². The molecule has 1 fully saturated rings. The Kier molecular flexibility index (Phi) is 2.52. The fourth-order valence-electron chi connectivity index (χ4n) is 1.08. The first-order valence-electron chi connectivity index (χ1n) is 3.33. The normalized spacial score (nSPS) is 28.7. The average molecular weight is 185 g/mol. The molecule has 0 aromatic heterocycles. The monoisotopic (exact) mass is 185 g/mol. The Labute approximate surface area is 65.5 Å². The highest BCUT2D eigenvalue weighted by atomic mass is 32.2. The van der Waals surface area contributed by atoms with E-state index in [2.05, 4.69) is 5.32 Å². The van der Waals surface area contributed by atoms with Crippen LogP contribution in [-0.4, -0.2) is 23.8 Å². The zero-order valence-corrected chi connectivity index (χ0v) is 6.75. The Morgan fingerprint density at radius 3 is 2.45 bits per heavy atom. The van der Waals surface area contributed by atoms with Crippen molar-refractivity contribution < 1.29 is 13.2 Å². The molecule has 0 amide bonds. The molecule has 1 aliphatic heterocycles. The van der Waals surface area contributed by atoms with Crippen molar-refractivity contribution >= 4 is 10.3 Å². The maximum atomic E-state index is 12.0. The minimum Gasteiger partial charge on any atom is -0.316 e. The standard InChI is InChI=1S/C6H10F3NS/c1-11(6(7,8)9)5-2-3-10-4-5/h1,5,10-11H,2-4H2/t5-/m1/s1. The molecule has 2 atom stereocenters. The van der Waals surface area contributed by atoms with E-state index in [-0.39, 0.29) is 5.25 Å². The predicted molar refractivity (Wildman–Crippen MR) is 41.3 cm³/mol. The summed E-state index contributed by atoms with van der Waals surface area (Å²) in [6, 6.07) is 0. The molecule has 0 spiro atoms. The molecule has 1 rings (SSSR count). The Morgan fingerprint density at radius 2 is 2.09 bits per heavy atom. The second-order valence-electron chi connectivity index (χ2n) is 2.52. The van der Waals surface area contributed by atoms with E-state index >= 15 is 0 Å². The van der Waals surface area contributed by atoms with Crippen LogP contribution < -0.4 is 5.32 Å². The van der Waals surface area contributed by atoms with Crippen molar-refractivity contribution in [3.05, 3.63) is 0 Å². The molecule has 0 saturated carbocycles. The second-order valence-corrected chi connectivity index (χ2v) is 4.57. The van der Waals surface area contributed by atoms with Gasteiger partial charge in [-0.2, -0.15) is 13.2 Å². The lowest BCUT2D eigenvalue weighted by molar-refractivity contribution is -0.0338. The third kappa shape index (κ3) is 2.15. The van der Waals surface area contributed by atoms with Crippen molar-refractivity contribution in [2.24, 2.45) is 0 Å². The fourth-order valence-corrected chi connectivity index (χ4v) is 2.23. The van der Waals surface area contributed by atoms with Gasteiger partial charge in [0.05, 0.1) is 0 Å². The number of halogens is 3. The van der Waals surface area contributed by atoms with E-state index < -0.39 is 15.8 Å². The summed E-state index contributed by atoms with van der Waals surface area (Å²) in [5.41, 5.74) is 0.881. The smallest absolute Gasteiger partial charge is 0.316 e. The molecule has 1 N–H and O–H groups in total. The summed E-state index contributed by atoms with van der Waals surface area (Å²) in [7, 11) is -2.29. The van der Waals surface area contributed by atoms with Gasteiger partial charge in [0.25, 0.3) is 0 Å². The molecule has 5 heteroatoms. The third-order valence-electron chi connectivity index (χ3n) is 1.72. The molecule has 0 aliphatic carbocycles. The van der Waals surface area contributed by atoms with Gasteiger partial charge in [-0.3, -0.25) is 0 Å². The highest BCUT2D eigenvalue weighted by molar-refractivity contribution is 8.08. The zero-order valence-electron chi connectivity index (χ0n) is 5.86. The van der Waals surface area contributed by atoms with Gasteiger partial charge >= 0.3 is 5.51 Å². The number of alkyl halides is 3. The lowest BCUT2D eigenvalue weighted by atomic mass is 10.4. The van der Waals surface area contributed by atoms with E-state index in [1.165, 1.54) is 0 Å². The van der Waals surface area contributed by atoms with E-state index in [1.807, 2.05) is 0 Å². The first kappa shape index (κ1) is 8.97. The summed E-state index contributed by atoms with van der Waals surface area (Å²) in [6.45, 7) is 1.08.